The number of hydrogen-bond acceptors (Lipinski definition) is 3. The van der Waals surface area contributed by atoms with Gasteiger partial charge in [-0.15, -0.1) is 0 Å². The van der Waals surface area contributed by atoms with Crippen molar-refractivity contribution < 1.29 is 19.8 Å². The lowest BCUT2D eigenvalue weighted by Crippen LogP contribution is -2.33. The van der Waals surface area contributed by atoms with E-state index >= 15 is 0 Å². The molecule has 158 valence electrons. The molecule has 4 N–H and O–H groups in total. The molecule has 1 amide bonds. The number of allylic oxidation sites excluding steroid dienone is 2. The number of carboxylic acid groups (broad SMARTS) is 1. The van der Waals surface area contributed by atoms with E-state index in [4.69, 9.17) is 5.73 Å². The van der Waals surface area contributed by atoms with E-state index in [1.165, 1.54) is 12.2 Å². The fourth-order valence-corrected chi connectivity index (χ4v) is 3.67. The molecule has 0 aliphatic carbocycles. The van der Waals surface area contributed by atoms with Crippen LogP contribution >= 0.6 is 0 Å². The topological polar surface area (TPSA) is 101 Å². The molecular formula is C24H33NO4. The Bertz CT molecular complexity index is 737. The van der Waals surface area contributed by atoms with E-state index in [0.717, 1.165) is 18.4 Å². The molecule has 0 aliphatic rings. The smallest absolute Gasteiger partial charge is 0.331 e. The van der Waals surface area contributed by atoms with Crippen LogP contribution in [-0.2, 0) is 9.59 Å². The number of primary amides is 1. The number of aliphatic hydroxyl groups excluding tert-OH is 1. The average molecular weight is 400 g/mol. The van der Waals surface area contributed by atoms with Gasteiger partial charge >= 0.3 is 5.97 Å². The molecule has 0 saturated carbocycles. The molecule has 0 heterocycles. The van der Waals surface area contributed by atoms with Crippen molar-refractivity contribution >= 4 is 18.0 Å². The van der Waals surface area contributed by atoms with Crippen LogP contribution in [0.2, 0.25) is 0 Å². The number of hydrogen-bond donors (Lipinski definition) is 3. The fraction of sp³-hybridized carbons (Fsp3) is 0.417. The van der Waals surface area contributed by atoms with Crippen LogP contribution in [0, 0.1) is 17.8 Å². The Morgan fingerprint density at radius 2 is 1.79 bits per heavy atom. The van der Waals surface area contributed by atoms with Gasteiger partial charge in [0.2, 0.25) is 5.91 Å². The zero-order valence-corrected chi connectivity index (χ0v) is 17.5. The summed E-state index contributed by atoms with van der Waals surface area (Å²) in [6.45, 7) is 6.02. The highest BCUT2D eigenvalue weighted by atomic mass is 16.4. The van der Waals surface area contributed by atoms with E-state index in [9.17, 15) is 19.8 Å². The molecule has 4 atom stereocenters. The number of rotatable bonds is 12. The molecule has 0 bridgehead atoms. The van der Waals surface area contributed by atoms with Crippen molar-refractivity contribution in [2.75, 3.05) is 0 Å². The Hall–Kier alpha value is -2.66. The number of aliphatic carboxylic acids is 1. The third kappa shape index (κ3) is 8.48. The van der Waals surface area contributed by atoms with E-state index < -0.39 is 18.0 Å². The lowest BCUT2D eigenvalue weighted by atomic mass is 9.73. The number of aliphatic hydroxyl groups is 1. The van der Waals surface area contributed by atoms with Crippen molar-refractivity contribution in [2.24, 2.45) is 23.5 Å². The van der Waals surface area contributed by atoms with E-state index in [1.54, 1.807) is 18.2 Å². The highest BCUT2D eigenvalue weighted by molar-refractivity contribution is 5.92. The van der Waals surface area contributed by atoms with Gasteiger partial charge in [-0.05, 0) is 35.8 Å². The van der Waals surface area contributed by atoms with Gasteiger partial charge in [0.1, 0.15) is 0 Å². The van der Waals surface area contributed by atoms with Crippen LogP contribution in [0.25, 0.3) is 6.08 Å². The summed E-state index contributed by atoms with van der Waals surface area (Å²) in [5.41, 5.74) is 6.19. The summed E-state index contributed by atoms with van der Waals surface area (Å²) < 4.78 is 0. The standard InChI is InChI=1S/C24H33NO4/c1-4-11-17(2)23(18(3)21(26)14-9-6-10-15-22(25)27)20(24(28)29)16-19-12-7-5-8-13-19/h5-10,12-13,15-18,21,23,26H,4,11,14H2,1-3H3,(H2,25,27)(H,28,29)/b9-6+,15-10+,20-16-. The molecule has 0 saturated heterocycles. The molecule has 0 fully saturated rings. The van der Waals surface area contributed by atoms with Crippen molar-refractivity contribution in [3.05, 3.63) is 65.8 Å². The number of amides is 1. The van der Waals surface area contributed by atoms with Crippen LogP contribution in [-0.4, -0.2) is 28.2 Å². The van der Waals surface area contributed by atoms with Gasteiger partial charge in [-0.3, -0.25) is 4.79 Å². The van der Waals surface area contributed by atoms with Gasteiger partial charge in [0, 0.05) is 11.6 Å². The van der Waals surface area contributed by atoms with E-state index in [2.05, 4.69) is 6.92 Å². The summed E-state index contributed by atoms with van der Waals surface area (Å²) in [6, 6.07) is 9.38. The summed E-state index contributed by atoms with van der Waals surface area (Å²) in [4.78, 5) is 22.8. The Balaban J connectivity index is 3.12. The molecule has 4 unspecified atom stereocenters. The van der Waals surface area contributed by atoms with Crippen LogP contribution in [0.1, 0.15) is 45.6 Å². The van der Waals surface area contributed by atoms with Gasteiger partial charge in [0.25, 0.3) is 0 Å². The Morgan fingerprint density at radius 1 is 1.14 bits per heavy atom. The maximum atomic E-state index is 12.1. The normalized spacial score (nSPS) is 16.6. The zero-order valence-electron chi connectivity index (χ0n) is 17.5. The minimum Gasteiger partial charge on any atom is -0.478 e. The Morgan fingerprint density at radius 3 is 2.34 bits per heavy atom. The lowest BCUT2D eigenvalue weighted by molar-refractivity contribution is -0.133. The SMILES string of the molecule is CCCC(C)C(/C(=C/c1ccccc1)C(=O)O)C(C)C(O)C/C=C/C=C/C(N)=O. The second kappa shape index (κ2) is 12.7. The van der Waals surface area contributed by atoms with Gasteiger partial charge in [-0.25, -0.2) is 4.79 Å². The zero-order chi connectivity index (χ0) is 21.8. The van der Waals surface area contributed by atoms with Gasteiger partial charge in [0.15, 0.2) is 0 Å². The Labute approximate surface area is 173 Å². The van der Waals surface area contributed by atoms with Gasteiger partial charge in [-0.1, -0.05) is 82.2 Å². The van der Waals surface area contributed by atoms with Crippen LogP contribution in [0.5, 0.6) is 0 Å². The highest BCUT2D eigenvalue weighted by Gasteiger charge is 2.33. The van der Waals surface area contributed by atoms with E-state index in [0.29, 0.717) is 12.0 Å². The first-order chi connectivity index (χ1) is 13.8. The molecule has 5 nitrogen and oxygen atoms in total. The second-order valence-corrected chi connectivity index (χ2v) is 7.46. The summed E-state index contributed by atoms with van der Waals surface area (Å²) in [5, 5.41) is 20.7. The maximum Gasteiger partial charge on any atom is 0.331 e. The first-order valence-corrected chi connectivity index (χ1v) is 10.1. The van der Waals surface area contributed by atoms with Gasteiger partial charge < -0.3 is 15.9 Å². The number of carbonyl (C=O) groups is 2. The number of carboxylic acids is 1. The minimum atomic E-state index is -0.958. The number of benzene rings is 1. The molecule has 1 aromatic carbocycles. The summed E-state index contributed by atoms with van der Waals surface area (Å²) in [7, 11) is 0. The third-order valence-electron chi connectivity index (χ3n) is 5.14. The van der Waals surface area contributed by atoms with Crippen molar-refractivity contribution in [1.82, 2.24) is 0 Å². The number of carbonyl (C=O) groups excluding carboxylic acids is 1. The van der Waals surface area contributed by atoms with Crippen LogP contribution in [0.3, 0.4) is 0 Å². The van der Waals surface area contributed by atoms with Crippen molar-refractivity contribution in [1.29, 1.82) is 0 Å². The van der Waals surface area contributed by atoms with Crippen molar-refractivity contribution in [2.45, 2.75) is 46.1 Å². The first-order valence-electron chi connectivity index (χ1n) is 10.1. The molecule has 5 heteroatoms. The Kier molecular flexibility index (Phi) is 10.7. The first kappa shape index (κ1) is 24.4. The number of nitrogens with two attached hydrogens (primary N) is 1. The highest BCUT2D eigenvalue weighted by Crippen LogP contribution is 2.35. The summed E-state index contributed by atoms with van der Waals surface area (Å²) in [6.07, 6.45) is 9.35. The predicted molar refractivity (Wildman–Crippen MR) is 117 cm³/mol. The quantitative estimate of drug-likeness (QED) is 0.362. The predicted octanol–water partition coefficient (Wildman–Crippen LogP) is 4.19. The third-order valence-corrected chi connectivity index (χ3v) is 5.14. The van der Waals surface area contributed by atoms with Gasteiger partial charge in [0.05, 0.1) is 6.10 Å². The molecule has 29 heavy (non-hydrogen) atoms. The molecule has 1 aromatic rings. The van der Waals surface area contributed by atoms with Crippen molar-refractivity contribution in [3.8, 4) is 0 Å². The lowest BCUT2D eigenvalue weighted by Gasteiger charge is -2.33. The average Bonchev–Trinajstić information content (AvgIpc) is 2.67. The molecule has 0 aromatic heterocycles. The molecule has 0 radical (unpaired) electrons. The van der Waals surface area contributed by atoms with E-state index in [1.807, 2.05) is 44.2 Å². The minimum absolute atomic E-state index is 0.106. The molecular weight excluding hydrogens is 366 g/mol. The maximum absolute atomic E-state index is 12.1. The summed E-state index contributed by atoms with van der Waals surface area (Å²) in [5.74, 6) is -1.94. The van der Waals surface area contributed by atoms with Crippen LogP contribution in [0.4, 0.5) is 0 Å². The van der Waals surface area contributed by atoms with Crippen molar-refractivity contribution in [3.63, 3.8) is 0 Å². The largest absolute Gasteiger partial charge is 0.478 e. The van der Waals surface area contributed by atoms with Crippen LogP contribution < -0.4 is 5.73 Å². The monoisotopic (exact) mass is 399 g/mol. The molecule has 1 rings (SSSR count). The molecule has 0 spiro atoms. The second-order valence-electron chi connectivity index (χ2n) is 7.46. The molecule has 0 aliphatic heterocycles. The van der Waals surface area contributed by atoms with Gasteiger partial charge in [-0.2, -0.15) is 0 Å². The summed E-state index contributed by atoms with van der Waals surface area (Å²) >= 11 is 0. The fourth-order valence-electron chi connectivity index (χ4n) is 3.67. The van der Waals surface area contributed by atoms with E-state index in [-0.39, 0.29) is 17.8 Å². The van der Waals surface area contributed by atoms with Crippen LogP contribution in [0.15, 0.2) is 60.2 Å².